The Bertz CT molecular complexity index is 154. The second-order valence-corrected chi connectivity index (χ2v) is 2.82. The molecule has 0 aliphatic carbocycles. The summed E-state index contributed by atoms with van der Waals surface area (Å²) < 4.78 is 4.75. The van der Waals surface area contributed by atoms with E-state index in [0.29, 0.717) is 0 Å². The number of carbonyl (C=O) groups is 2. The molecule has 0 amide bonds. The number of carbonyl (C=O) groups excluding carboxylic acids is 2. The van der Waals surface area contributed by atoms with Crippen molar-refractivity contribution >= 4 is 22.8 Å². The highest BCUT2D eigenvalue weighted by Gasteiger charge is 2.06. The molecule has 0 rings (SSSR count). The van der Waals surface area contributed by atoms with Gasteiger partial charge < -0.3 is 4.74 Å². The minimum atomic E-state index is -0.509. The lowest BCUT2D eigenvalue weighted by Crippen LogP contribution is -2.11. The predicted octanol–water partition coefficient (Wildman–Crippen LogP) is 1.48. The monoisotopic (exact) mass is 178 g/mol. The summed E-state index contributed by atoms with van der Waals surface area (Å²) in [5.74, 6) is -0.381. The Morgan fingerprint density at radius 2 is 1.91 bits per heavy atom. The maximum atomic E-state index is 10.7. The van der Waals surface area contributed by atoms with Crippen LogP contribution >= 0.6 is 11.6 Å². The third kappa shape index (κ3) is 7.33. The molecular formula is C7H11ClO3. The van der Waals surface area contributed by atoms with Gasteiger partial charge in [-0.3, -0.25) is 9.59 Å². The highest BCUT2D eigenvalue weighted by atomic mass is 35.5. The molecule has 0 saturated carbocycles. The summed E-state index contributed by atoms with van der Waals surface area (Å²) in [6.07, 6.45) is -0.0129. The van der Waals surface area contributed by atoms with Crippen LogP contribution in [0.25, 0.3) is 0 Å². The molecule has 0 aliphatic heterocycles. The van der Waals surface area contributed by atoms with E-state index in [-0.39, 0.29) is 24.9 Å². The van der Waals surface area contributed by atoms with Crippen LogP contribution in [-0.4, -0.2) is 17.3 Å². The topological polar surface area (TPSA) is 43.4 Å². The van der Waals surface area contributed by atoms with Crippen molar-refractivity contribution in [1.29, 1.82) is 0 Å². The first kappa shape index (κ1) is 10.4. The predicted molar refractivity (Wildman–Crippen MR) is 41.3 cm³/mol. The van der Waals surface area contributed by atoms with Gasteiger partial charge in [-0.2, -0.15) is 0 Å². The molecule has 0 aromatic carbocycles. The summed E-state index contributed by atoms with van der Waals surface area (Å²) in [7, 11) is 0. The molecule has 4 heteroatoms. The Kier molecular flexibility index (Phi) is 4.86. The molecular weight excluding hydrogens is 168 g/mol. The Hall–Kier alpha value is -0.570. The maximum absolute atomic E-state index is 10.7. The van der Waals surface area contributed by atoms with Gasteiger partial charge in [0.05, 0.1) is 12.5 Å². The average Bonchev–Trinajstić information content (AvgIpc) is 1.82. The van der Waals surface area contributed by atoms with E-state index in [4.69, 9.17) is 16.3 Å². The lowest BCUT2D eigenvalue weighted by Gasteiger charge is -2.05. The zero-order chi connectivity index (χ0) is 8.85. The van der Waals surface area contributed by atoms with Crippen molar-refractivity contribution in [2.75, 3.05) is 0 Å². The van der Waals surface area contributed by atoms with Crippen LogP contribution < -0.4 is 0 Å². The second kappa shape index (κ2) is 5.13. The van der Waals surface area contributed by atoms with Gasteiger partial charge in [0.1, 0.15) is 0 Å². The molecule has 0 atom stereocenters. The van der Waals surface area contributed by atoms with Crippen LogP contribution in [0.15, 0.2) is 0 Å². The van der Waals surface area contributed by atoms with Crippen molar-refractivity contribution in [2.24, 2.45) is 0 Å². The fourth-order valence-corrected chi connectivity index (χ4v) is 0.617. The molecule has 0 saturated heterocycles. The van der Waals surface area contributed by atoms with Gasteiger partial charge >= 0.3 is 5.97 Å². The van der Waals surface area contributed by atoms with E-state index in [2.05, 4.69) is 0 Å². The highest BCUT2D eigenvalue weighted by molar-refractivity contribution is 6.63. The Morgan fingerprint density at radius 1 is 1.36 bits per heavy atom. The third-order valence-electron chi connectivity index (χ3n) is 0.893. The highest BCUT2D eigenvalue weighted by Crippen LogP contribution is 1.99. The number of halogens is 1. The van der Waals surface area contributed by atoms with Crippen molar-refractivity contribution in [3.05, 3.63) is 0 Å². The summed E-state index contributed by atoms with van der Waals surface area (Å²) in [5, 5.41) is -0.509. The molecule has 0 spiro atoms. The van der Waals surface area contributed by atoms with Gasteiger partial charge in [-0.15, -0.1) is 0 Å². The van der Waals surface area contributed by atoms with Crippen LogP contribution in [0.3, 0.4) is 0 Å². The molecule has 0 unspecified atom stereocenters. The molecule has 3 nitrogen and oxygen atoms in total. The fourth-order valence-electron chi connectivity index (χ4n) is 0.522. The van der Waals surface area contributed by atoms with Gasteiger partial charge in [0.25, 0.3) is 0 Å². The Labute approximate surface area is 70.7 Å². The van der Waals surface area contributed by atoms with Gasteiger partial charge in [0, 0.05) is 6.42 Å². The number of esters is 1. The minimum absolute atomic E-state index is 0.0487. The smallest absolute Gasteiger partial charge is 0.306 e. The Morgan fingerprint density at radius 3 is 2.27 bits per heavy atom. The number of hydrogen-bond acceptors (Lipinski definition) is 3. The van der Waals surface area contributed by atoms with Crippen molar-refractivity contribution in [3.63, 3.8) is 0 Å². The van der Waals surface area contributed by atoms with Crippen molar-refractivity contribution in [1.82, 2.24) is 0 Å². The molecule has 0 N–H and O–H groups in total. The molecule has 0 radical (unpaired) electrons. The number of hydrogen-bond donors (Lipinski definition) is 0. The first-order valence-corrected chi connectivity index (χ1v) is 3.78. The first-order chi connectivity index (χ1) is 5.02. The van der Waals surface area contributed by atoms with Gasteiger partial charge in [-0.25, -0.2) is 0 Å². The van der Waals surface area contributed by atoms with Crippen molar-refractivity contribution < 1.29 is 14.3 Å². The van der Waals surface area contributed by atoms with E-state index in [1.54, 1.807) is 13.8 Å². The van der Waals surface area contributed by atoms with E-state index in [0.717, 1.165) is 0 Å². The normalized spacial score (nSPS) is 9.82. The summed E-state index contributed by atoms with van der Waals surface area (Å²) in [5.41, 5.74) is 0. The van der Waals surface area contributed by atoms with Crippen LogP contribution in [0.1, 0.15) is 26.7 Å². The third-order valence-corrected chi connectivity index (χ3v) is 1.08. The average molecular weight is 179 g/mol. The Balaban J connectivity index is 3.45. The van der Waals surface area contributed by atoms with E-state index in [1.165, 1.54) is 0 Å². The van der Waals surface area contributed by atoms with Gasteiger partial charge in [0.15, 0.2) is 0 Å². The van der Waals surface area contributed by atoms with Crippen LogP contribution in [0.5, 0.6) is 0 Å². The minimum Gasteiger partial charge on any atom is -0.463 e. The molecule has 64 valence electrons. The summed E-state index contributed by atoms with van der Waals surface area (Å²) in [6, 6.07) is 0. The standard InChI is InChI=1S/C7H11ClO3/c1-5(2)11-7(10)4-3-6(8)9/h5H,3-4H2,1-2H3. The lowest BCUT2D eigenvalue weighted by atomic mass is 10.3. The summed E-state index contributed by atoms with van der Waals surface area (Å²) in [4.78, 5) is 20.9. The van der Waals surface area contributed by atoms with Crippen molar-refractivity contribution in [3.8, 4) is 0 Å². The van der Waals surface area contributed by atoms with E-state index < -0.39 is 5.24 Å². The molecule has 0 heterocycles. The first-order valence-electron chi connectivity index (χ1n) is 3.40. The maximum Gasteiger partial charge on any atom is 0.306 e. The molecule has 0 aliphatic rings. The molecule has 0 fully saturated rings. The summed E-state index contributed by atoms with van der Waals surface area (Å²) in [6.45, 7) is 3.50. The van der Waals surface area contributed by atoms with Crippen LogP contribution in [-0.2, 0) is 14.3 Å². The number of rotatable bonds is 4. The van der Waals surface area contributed by atoms with Gasteiger partial charge in [0.2, 0.25) is 5.24 Å². The van der Waals surface area contributed by atoms with Gasteiger partial charge in [-0.05, 0) is 25.4 Å². The molecule has 0 aromatic heterocycles. The fraction of sp³-hybridized carbons (Fsp3) is 0.714. The zero-order valence-electron chi connectivity index (χ0n) is 6.59. The SMILES string of the molecule is CC(C)OC(=O)CCC(=O)Cl. The zero-order valence-corrected chi connectivity index (χ0v) is 7.35. The van der Waals surface area contributed by atoms with Gasteiger partial charge in [-0.1, -0.05) is 0 Å². The van der Waals surface area contributed by atoms with E-state index in [9.17, 15) is 9.59 Å². The molecule has 0 aromatic rings. The largest absolute Gasteiger partial charge is 0.463 e. The lowest BCUT2D eigenvalue weighted by molar-refractivity contribution is -0.148. The van der Waals surface area contributed by atoms with E-state index >= 15 is 0 Å². The van der Waals surface area contributed by atoms with Crippen LogP contribution in [0.2, 0.25) is 0 Å². The molecule has 0 bridgehead atoms. The summed E-state index contributed by atoms with van der Waals surface area (Å²) >= 11 is 5.01. The van der Waals surface area contributed by atoms with E-state index in [1.807, 2.05) is 0 Å². The molecule has 11 heavy (non-hydrogen) atoms. The quantitative estimate of drug-likeness (QED) is 0.484. The van der Waals surface area contributed by atoms with Crippen molar-refractivity contribution in [2.45, 2.75) is 32.8 Å². The van der Waals surface area contributed by atoms with Crippen LogP contribution in [0, 0.1) is 0 Å². The van der Waals surface area contributed by atoms with Crippen LogP contribution in [0.4, 0.5) is 0 Å². The second-order valence-electron chi connectivity index (χ2n) is 2.39. The number of ether oxygens (including phenoxy) is 1.